The maximum Gasteiger partial charge on any atom is 0.408 e. The molecular weight excluding hydrogens is 392 g/mol. The molecule has 0 aliphatic heterocycles. The number of amides is 1. The monoisotopic (exact) mass is 418 g/mol. The van der Waals surface area contributed by atoms with Gasteiger partial charge in [-0.25, -0.2) is 4.79 Å². The van der Waals surface area contributed by atoms with Gasteiger partial charge in [-0.2, -0.15) is 0 Å². The van der Waals surface area contributed by atoms with Crippen molar-refractivity contribution < 1.29 is 24.2 Å². The van der Waals surface area contributed by atoms with E-state index >= 15 is 0 Å². The van der Waals surface area contributed by atoms with Crippen LogP contribution in [0.1, 0.15) is 25.8 Å². The topological polar surface area (TPSA) is 119 Å². The number of rotatable bonds is 9. The van der Waals surface area contributed by atoms with Gasteiger partial charge in [0, 0.05) is 5.75 Å². The van der Waals surface area contributed by atoms with E-state index in [1.54, 1.807) is 0 Å². The summed E-state index contributed by atoms with van der Waals surface area (Å²) < 4.78 is 5.27. The molecule has 2 rings (SSSR count). The minimum Gasteiger partial charge on any atom is -0.480 e. The highest BCUT2D eigenvalue weighted by atomic mass is 32.2. The van der Waals surface area contributed by atoms with Crippen LogP contribution < -0.4 is 11.1 Å². The van der Waals surface area contributed by atoms with E-state index in [4.69, 9.17) is 15.6 Å². The lowest BCUT2D eigenvalue weighted by molar-refractivity contribution is -0.137. The average Bonchev–Trinajstić information content (AvgIpc) is 2.69. The van der Waals surface area contributed by atoms with Gasteiger partial charge >= 0.3 is 12.1 Å². The van der Waals surface area contributed by atoms with Crippen molar-refractivity contribution in [1.82, 2.24) is 5.32 Å². The summed E-state index contributed by atoms with van der Waals surface area (Å²) in [6, 6.07) is 11.8. The van der Waals surface area contributed by atoms with Crippen molar-refractivity contribution in [3.05, 3.63) is 48.0 Å². The Labute approximate surface area is 174 Å². The Hall–Kier alpha value is -2.58. The second-order valence-corrected chi connectivity index (χ2v) is 8.18. The summed E-state index contributed by atoms with van der Waals surface area (Å²) in [7, 11) is 0. The molecule has 0 heterocycles. The zero-order chi connectivity index (χ0) is 21.4. The Kier molecular flexibility index (Phi) is 8.48. The molecule has 0 radical (unpaired) electrons. The van der Waals surface area contributed by atoms with Crippen LogP contribution >= 0.6 is 11.8 Å². The number of benzene rings is 2. The first-order chi connectivity index (χ1) is 13.8. The summed E-state index contributed by atoms with van der Waals surface area (Å²) >= 11 is 0.806. The summed E-state index contributed by atoms with van der Waals surface area (Å²) in [5.41, 5.74) is 6.27. The number of alkyl carbamates (subject to hydrolysis) is 1. The molecule has 4 N–H and O–H groups in total. The van der Waals surface area contributed by atoms with Crippen molar-refractivity contribution in [3.8, 4) is 0 Å². The lowest BCUT2D eigenvalue weighted by Crippen LogP contribution is -2.42. The molecule has 0 aromatic heterocycles. The molecule has 29 heavy (non-hydrogen) atoms. The van der Waals surface area contributed by atoms with Crippen LogP contribution in [0.2, 0.25) is 0 Å². The Bertz CT molecular complexity index is 871. The smallest absolute Gasteiger partial charge is 0.408 e. The predicted molar refractivity (Wildman–Crippen MR) is 114 cm³/mol. The molecule has 7 nitrogen and oxygen atoms in total. The number of thioether (sulfide) groups is 1. The Balaban J connectivity index is 1.92. The summed E-state index contributed by atoms with van der Waals surface area (Å²) in [5.74, 6) is -1.08. The van der Waals surface area contributed by atoms with E-state index in [1.807, 2.05) is 56.3 Å². The van der Waals surface area contributed by atoms with Crippen molar-refractivity contribution in [2.75, 3.05) is 5.75 Å². The van der Waals surface area contributed by atoms with Crippen LogP contribution in [0.15, 0.2) is 42.5 Å². The van der Waals surface area contributed by atoms with Crippen molar-refractivity contribution in [1.29, 1.82) is 0 Å². The second-order valence-electron chi connectivity index (χ2n) is 7.16. The Morgan fingerprint density at radius 2 is 1.83 bits per heavy atom. The molecule has 8 heteroatoms. The van der Waals surface area contributed by atoms with Gasteiger partial charge in [-0.15, -0.1) is 0 Å². The number of aliphatic carboxylic acids is 1. The van der Waals surface area contributed by atoms with Gasteiger partial charge in [0.15, 0.2) is 0 Å². The predicted octanol–water partition coefficient (Wildman–Crippen LogP) is 3.15. The van der Waals surface area contributed by atoms with Crippen LogP contribution in [0.3, 0.4) is 0 Å². The average molecular weight is 419 g/mol. The molecule has 2 atom stereocenters. The number of carboxylic acids is 1. The lowest BCUT2D eigenvalue weighted by atomic mass is 10.1. The fraction of sp³-hybridized carbons (Fsp3) is 0.381. The van der Waals surface area contributed by atoms with Gasteiger partial charge in [-0.3, -0.25) is 9.59 Å². The quantitative estimate of drug-likeness (QED) is 0.572. The molecule has 1 amide bonds. The summed E-state index contributed by atoms with van der Waals surface area (Å²) in [5, 5.41) is 13.2. The van der Waals surface area contributed by atoms with E-state index in [0.717, 1.165) is 28.1 Å². The van der Waals surface area contributed by atoms with Crippen LogP contribution in [0.5, 0.6) is 0 Å². The zero-order valence-electron chi connectivity index (χ0n) is 16.5. The van der Waals surface area contributed by atoms with Gasteiger partial charge in [0.05, 0.1) is 0 Å². The molecule has 0 bridgehead atoms. The van der Waals surface area contributed by atoms with E-state index < -0.39 is 24.1 Å². The number of carboxylic acid groups (broad SMARTS) is 1. The van der Waals surface area contributed by atoms with E-state index in [1.165, 1.54) is 0 Å². The minimum atomic E-state index is -1.17. The molecular formula is C21H26N2O5S. The maximum absolute atomic E-state index is 12.4. The molecule has 0 unspecified atom stereocenters. The summed E-state index contributed by atoms with van der Waals surface area (Å²) in [4.78, 5) is 35.4. The number of nitrogens with one attached hydrogen (secondary N) is 1. The van der Waals surface area contributed by atoms with E-state index in [2.05, 4.69) is 5.32 Å². The molecule has 0 saturated carbocycles. The molecule has 0 aliphatic carbocycles. The van der Waals surface area contributed by atoms with Gasteiger partial charge in [0.2, 0.25) is 5.12 Å². The number of carbonyl (C=O) groups is 3. The fourth-order valence-electron chi connectivity index (χ4n) is 2.69. The van der Waals surface area contributed by atoms with Gasteiger partial charge in [-0.05, 0) is 34.7 Å². The van der Waals surface area contributed by atoms with Crippen molar-refractivity contribution in [2.45, 2.75) is 39.0 Å². The first kappa shape index (κ1) is 22.7. The molecule has 0 fully saturated rings. The van der Waals surface area contributed by atoms with E-state index in [-0.39, 0.29) is 23.4 Å². The molecule has 0 saturated heterocycles. The molecule has 2 aromatic rings. The van der Waals surface area contributed by atoms with Gasteiger partial charge < -0.3 is 20.9 Å². The van der Waals surface area contributed by atoms with Crippen molar-refractivity contribution in [2.24, 2.45) is 11.7 Å². The molecule has 0 aliphatic rings. The standard InChI is InChI=1S/C21H26N2O5S/c1-13(2)9-18(20(26)29-12-17(22)19(24)25)23-21(27)28-11-14-7-8-15-5-3-4-6-16(15)10-14/h3-8,10,13,17-18H,9,11-12,22H2,1-2H3,(H,23,27)(H,24,25)/t17-,18-/m0/s1. The largest absolute Gasteiger partial charge is 0.480 e. The number of hydrogen-bond acceptors (Lipinski definition) is 6. The maximum atomic E-state index is 12.4. The van der Waals surface area contributed by atoms with Gasteiger partial charge in [-0.1, -0.05) is 62.0 Å². The first-order valence-corrected chi connectivity index (χ1v) is 10.3. The zero-order valence-corrected chi connectivity index (χ0v) is 17.3. The number of ether oxygens (including phenoxy) is 1. The molecule has 0 spiro atoms. The van der Waals surface area contributed by atoms with Crippen LogP contribution in [0.25, 0.3) is 10.8 Å². The van der Waals surface area contributed by atoms with Crippen LogP contribution in [-0.2, 0) is 20.9 Å². The Morgan fingerprint density at radius 1 is 1.14 bits per heavy atom. The third-order valence-electron chi connectivity index (χ3n) is 4.19. The highest BCUT2D eigenvalue weighted by Gasteiger charge is 2.24. The highest BCUT2D eigenvalue weighted by molar-refractivity contribution is 8.13. The Morgan fingerprint density at radius 3 is 2.48 bits per heavy atom. The van der Waals surface area contributed by atoms with Crippen LogP contribution in [0.4, 0.5) is 4.79 Å². The summed E-state index contributed by atoms with van der Waals surface area (Å²) in [6.07, 6.45) is -0.278. The number of nitrogens with two attached hydrogens (primary N) is 1. The van der Waals surface area contributed by atoms with E-state index in [9.17, 15) is 14.4 Å². The fourth-order valence-corrected chi connectivity index (χ4v) is 3.53. The van der Waals surface area contributed by atoms with Crippen LogP contribution in [0, 0.1) is 5.92 Å². The summed E-state index contributed by atoms with van der Waals surface area (Å²) in [6.45, 7) is 3.93. The third-order valence-corrected chi connectivity index (χ3v) is 5.28. The second kappa shape index (κ2) is 10.8. The lowest BCUT2D eigenvalue weighted by Gasteiger charge is -2.19. The van der Waals surface area contributed by atoms with Gasteiger partial charge in [0.25, 0.3) is 0 Å². The SMILES string of the molecule is CC(C)C[C@H](NC(=O)OCc1ccc2ccccc2c1)C(=O)SC[C@H](N)C(=O)O. The van der Waals surface area contributed by atoms with Gasteiger partial charge in [0.1, 0.15) is 18.7 Å². The molecule has 156 valence electrons. The van der Waals surface area contributed by atoms with E-state index in [0.29, 0.717) is 6.42 Å². The van der Waals surface area contributed by atoms with Crippen molar-refractivity contribution >= 4 is 39.7 Å². The van der Waals surface area contributed by atoms with Crippen molar-refractivity contribution in [3.63, 3.8) is 0 Å². The normalized spacial score (nSPS) is 13.1. The highest BCUT2D eigenvalue weighted by Crippen LogP contribution is 2.17. The first-order valence-electron chi connectivity index (χ1n) is 9.32. The molecule has 2 aromatic carbocycles. The number of carbonyl (C=O) groups excluding carboxylic acids is 2. The number of fused-ring (bicyclic) bond motifs is 1. The number of hydrogen-bond donors (Lipinski definition) is 3. The third kappa shape index (κ3) is 7.40. The minimum absolute atomic E-state index is 0.0589. The van der Waals surface area contributed by atoms with Crippen LogP contribution in [-0.4, -0.2) is 40.1 Å².